The molecule has 2 aromatic carbocycles. The fourth-order valence-electron chi connectivity index (χ4n) is 2.50. The third-order valence-electron chi connectivity index (χ3n) is 4.07. The second-order valence-electron chi connectivity index (χ2n) is 6.03. The highest BCUT2D eigenvalue weighted by atomic mass is 19.4. The number of oxime groups is 1. The lowest BCUT2D eigenvalue weighted by Gasteiger charge is -2.31. The van der Waals surface area contributed by atoms with Gasteiger partial charge in [0.05, 0.1) is 11.3 Å². The molecule has 0 aliphatic carbocycles. The molecule has 1 atom stereocenters. The van der Waals surface area contributed by atoms with E-state index in [1.165, 1.54) is 12.1 Å². The predicted octanol–water partition coefficient (Wildman–Crippen LogP) is 5.03. The van der Waals surface area contributed by atoms with Crippen molar-refractivity contribution >= 4 is 5.71 Å². The van der Waals surface area contributed by atoms with Crippen LogP contribution in [0.1, 0.15) is 28.7 Å². The minimum absolute atomic E-state index is 0.0951. The third-order valence-corrected chi connectivity index (χ3v) is 4.07. The smallest absolute Gasteiger partial charge is 0.411 e. The van der Waals surface area contributed by atoms with E-state index in [0.717, 1.165) is 17.7 Å². The van der Waals surface area contributed by atoms with Crippen LogP contribution in [-0.4, -0.2) is 22.2 Å². The predicted molar refractivity (Wildman–Crippen MR) is 85.5 cm³/mol. The Balaban J connectivity index is 2.53. The number of nitrogens with zero attached hydrogens (tertiary/aromatic N) is 1. The molecule has 9 heteroatoms. The van der Waals surface area contributed by atoms with E-state index in [2.05, 4.69) is 5.16 Å². The maximum Gasteiger partial charge on any atom is 0.421 e. The van der Waals surface area contributed by atoms with Crippen LogP contribution in [0.5, 0.6) is 0 Å². The van der Waals surface area contributed by atoms with E-state index in [9.17, 15) is 31.4 Å². The lowest BCUT2D eigenvalue weighted by molar-refractivity contribution is -0.263. The largest absolute Gasteiger partial charge is 0.421 e. The Kier molecular flexibility index (Phi) is 5.55. The Morgan fingerprint density at radius 3 is 1.96 bits per heavy atom. The van der Waals surface area contributed by atoms with Gasteiger partial charge in [-0.15, -0.1) is 0 Å². The van der Waals surface area contributed by atoms with Gasteiger partial charge in [0.25, 0.3) is 0 Å². The van der Waals surface area contributed by atoms with E-state index in [1.54, 1.807) is 19.1 Å². The number of aryl methyl sites for hydroxylation is 1. The number of hydrogen-bond acceptors (Lipinski definition) is 3. The van der Waals surface area contributed by atoms with Gasteiger partial charge in [0.2, 0.25) is 0 Å². The summed E-state index contributed by atoms with van der Waals surface area (Å²) in [6.45, 7) is 1.73. The summed E-state index contributed by atoms with van der Waals surface area (Å²) in [6, 6.07) is 8.22. The summed E-state index contributed by atoms with van der Waals surface area (Å²) in [5, 5.41) is 22.3. The molecule has 0 fully saturated rings. The molecule has 0 spiro atoms. The van der Waals surface area contributed by atoms with Gasteiger partial charge in [-0.3, -0.25) is 0 Å². The zero-order valence-corrected chi connectivity index (χ0v) is 13.9. The average molecular weight is 391 g/mol. The number of halogens is 6. The molecule has 146 valence electrons. The first-order valence-corrected chi connectivity index (χ1v) is 7.63. The lowest BCUT2D eigenvalue weighted by Crippen LogP contribution is -2.44. The molecule has 1 unspecified atom stereocenters. The highest BCUT2D eigenvalue weighted by molar-refractivity contribution is 6.01. The molecule has 27 heavy (non-hydrogen) atoms. The second-order valence-corrected chi connectivity index (χ2v) is 6.03. The van der Waals surface area contributed by atoms with E-state index in [-0.39, 0.29) is 11.6 Å². The molecule has 0 aliphatic rings. The maximum absolute atomic E-state index is 13.6. The Morgan fingerprint density at radius 1 is 0.926 bits per heavy atom. The van der Waals surface area contributed by atoms with Crippen molar-refractivity contribution in [1.29, 1.82) is 0 Å². The van der Waals surface area contributed by atoms with Gasteiger partial charge in [0.1, 0.15) is 0 Å². The molecule has 0 heterocycles. The van der Waals surface area contributed by atoms with E-state index in [0.29, 0.717) is 6.07 Å². The first-order chi connectivity index (χ1) is 12.4. The van der Waals surface area contributed by atoms with Crippen molar-refractivity contribution in [3.63, 3.8) is 0 Å². The van der Waals surface area contributed by atoms with Crippen LogP contribution >= 0.6 is 0 Å². The van der Waals surface area contributed by atoms with Crippen molar-refractivity contribution in [2.75, 3.05) is 0 Å². The van der Waals surface area contributed by atoms with E-state index in [4.69, 9.17) is 5.21 Å². The van der Waals surface area contributed by atoms with Gasteiger partial charge >= 0.3 is 12.4 Å². The topological polar surface area (TPSA) is 52.8 Å². The molecule has 0 saturated heterocycles. The van der Waals surface area contributed by atoms with Gasteiger partial charge < -0.3 is 10.3 Å². The molecule has 2 rings (SSSR count). The van der Waals surface area contributed by atoms with Gasteiger partial charge in [-0.2, -0.15) is 26.3 Å². The standard InChI is InChI=1S/C18H15F6NO2/c1-11-5-7-12(8-6-11)15(25-27)10-16(26,18(22,23)24)13-3-2-4-14(9-13)17(19,20)21/h2-9,26-27H,10H2,1H3/b25-15-. The summed E-state index contributed by atoms with van der Waals surface area (Å²) in [5.41, 5.74) is -5.65. The van der Waals surface area contributed by atoms with Crippen molar-refractivity contribution in [3.8, 4) is 0 Å². The van der Waals surface area contributed by atoms with E-state index in [1.807, 2.05) is 0 Å². The van der Waals surface area contributed by atoms with E-state index >= 15 is 0 Å². The van der Waals surface area contributed by atoms with E-state index < -0.39 is 41.2 Å². The molecule has 0 aromatic heterocycles. The van der Waals surface area contributed by atoms with Gasteiger partial charge in [-0.25, -0.2) is 0 Å². The van der Waals surface area contributed by atoms with Crippen LogP contribution in [0, 0.1) is 6.92 Å². The van der Waals surface area contributed by atoms with Crippen LogP contribution in [0.25, 0.3) is 0 Å². The molecule has 0 amide bonds. The van der Waals surface area contributed by atoms with Crippen LogP contribution < -0.4 is 0 Å². The SMILES string of the molecule is Cc1ccc(/C(CC(O)(c2cccc(C(F)(F)F)c2)C(F)(F)F)=N\O)cc1. The van der Waals surface area contributed by atoms with Crippen molar-refractivity contribution in [1.82, 2.24) is 0 Å². The highest BCUT2D eigenvalue weighted by Crippen LogP contribution is 2.44. The maximum atomic E-state index is 13.6. The molecular formula is C18H15F6NO2. The quantitative estimate of drug-likeness (QED) is 0.332. The molecule has 2 N–H and O–H groups in total. The zero-order valence-electron chi connectivity index (χ0n) is 13.9. The summed E-state index contributed by atoms with van der Waals surface area (Å²) in [6.07, 6.45) is -11.5. The summed E-state index contributed by atoms with van der Waals surface area (Å²) < 4.78 is 79.5. The first-order valence-electron chi connectivity index (χ1n) is 7.63. The van der Waals surface area contributed by atoms with Gasteiger partial charge in [0, 0.05) is 6.42 Å². The van der Waals surface area contributed by atoms with Crippen molar-refractivity contribution in [2.45, 2.75) is 31.3 Å². The zero-order chi connectivity index (χ0) is 20.5. The minimum Gasteiger partial charge on any atom is -0.411 e. The molecular weight excluding hydrogens is 376 g/mol. The summed E-state index contributed by atoms with van der Waals surface area (Å²) >= 11 is 0. The van der Waals surface area contributed by atoms with Crippen LogP contribution in [-0.2, 0) is 11.8 Å². The molecule has 0 aliphatic heterocycles. The van der Waals surface area contributed by atoms with Crippen molar-refractivity contribution < 1.29 is 36.7 Å². The normalized spacial score (nSPS) is 15.5. The fraction of sp³-hybridized carbons (Fsp3) is 0.278. The van der Waals surface area contributed by atoms with Crippen LogP contribution in [0.4, 0.5) is 26.3 Å². The molecule has 0 saturated carbocycles. The minimum atomic E-state index is -5.32. The van der Waals surface area contributed by atoms with Gasteiger partial charge in [0.15, 0.2) is 5.60 Å². The lowest BCUT2D eigenvalue weighted by atomic mass is 9.85. The Morgan fingerprint density at radius 2 is 1.48 bits per heavy atom. The molecule has 2 aromatic rings. The Bertz CT molecular complexity index is 827. The van der Waals surface area contributed by atoms with Gasteiger partial charge in [-0.05, 0) is 30.2 Å². The number of rotatable bonds is 4. The van der Waals surface area contributed by atoms with Crippen LogP contribution in [0.15, 0.2) is 53.7 Å². The summed E-state index contributed by atoms with van der Waals surface area (Å²) in [7, 11) is 0. The van der Waals surface area contributed by atoms with Crippen LogP contribution in [0.2, 0.25) is 0 Å². The fourth-order valence-corrected chi connectivity index (χ4v) is 2.50. The number of aliphatic hydroxyl groups is 1. The highest BCUT2D eigenvalue weighted by Gasteiger charge is 2.56. The molecule has 0 radical (unpaired) electrons. The molecule has 3 nitrogen and oxygen atoms in total. The Hall–Kier alpha value is -2.55. The molecule has 0 bridgehead atoms. The summed E-state index contributed by atoms with van der Waals surface area (Å²) in [4.78, 5) is 0. The monoisotopic (exact) mass is 391 g/mol. The van der Waals surface area contributed by atoms with Crippen molar-refractivity contribution in [3.05, 3.63) is 70.8 Å². The van der Waals surface area contributed by atoms with Crippen molar-refractivity contribution in [2.24, 2.45) is 5.16 Å². The first kappa shape index (κ1) is 20.8. The van der Waals surface area contributed by atoms with Crippen LogP contribution in [0.3, 0.4) is 0 Å². The third kappa shape index (κ3) is 4.41. The Labute approximate surface area is 150 Å². The number of alkyl halides is 6. The average Bonchev–Trinajstić information content (AvgIpc) is 2.58. The number of hydrogen-bond donors (Lipinski definition) is 2. The second kappa shape index (κ2) is 7.22. The summed E-state index contributed by atoms with van der Waals surface area (Å²) in [5.74, 6) is 0. The number of benzene rings is 2. The van der Waals surface area contributed by atoms with Gasteiger partial charge in [-0.1, -0.05) is 47.1 Å².